The first kappa shape index (κ1) is 18.6. The number of ether oxygens (including phenoxy) is 1. The first-order valence-electron chi connectivity index (χ1n) is 7.77. The number of rotatable bonds is 7. The Hall–Kier alpha value is -1.71. The molecule has 1 aromatic carbocycles. The van der Waals surface area contributed by atoms with Gasteiger partial charge in [0.05, 0.1) is 38.2 Å². The molecule has 0 radical (unpaired) electrons. The largest absolute Gasteiger partial charge is 0.370 e. The highest BCUT2D eigenvalue weighted by Crippen LogP contribution is 2.18. The summed E-state index contributed by atoms with van der Waals surface area (Å²) in [4.78, 5) is 13.4. The number of hydrogen-bond acceptors (Lipinski definition) is 4. The second-order valence-corrected chi connectivity index (χ2v) is 7.62. The van der Waals surface area contributed by atoms with Crippen LogP contribution >= 0.6 is 0 Å². The Morgan fingerprint density at radius 1 is 1.38 bits per heavy atom. The Labute approximate surface area is 141 Å². The number of nitrogens with zero attached hydrogens (tertiary/aromatic N) is 1. The summed E-state index contributed by atoms with van der Waals surface area (Å²) in [5.74, 6) is -0.977. The molecule has 0 saturated carbocycles. The fraction of sp³-hybridized carbons (Fsp3) is 0.533. The molecule has 24 heavy (non-hydrogen) atoms. The van der Waals surface area contributed by atoms with E-state index in [2.05, 4.69) is 5.32 Å². The average molecular weight is 360 g/mol. The van der Waals surface area contributed by atoms with Crippen LogP contribution in [0, 0.1) is 5.82 Å². The normalized spacial score (nSPS) is 15.9. The SMILES string of the molecule is CS(=O)(=O)N(CC(=O)NCC[NH+]1CCOCC1)c1cccc(F)c1. The van der Waals surface area contributed by atoms with Crippen molar-refractivity contribution in [1.82, 2.24) is 5.32 Å². The van der Waals surface area contributed by atoms with Gasteiger partial charge < -0.3 is 15.0 Å². The summed E-state index contributed by atoms with van der Waals surface area (Å²) in [6, 6.07) is 5.17. The molecule has 0 aromatic heterocycles. The predicted octanol–water partition coefficient (Wildman–Crippen LogP) is -1.38. The Morgan fingerprint density at radius 3 is 2.71 bits per heavy atom. The lowest BCUT2D eigenvalue weighted by atomic mass is 10.3. The summed E-state index contributed by atoms with van der Waals surface area (Å²) >= 11 is 0. The van der Waals surface area contributed by atoms with Crippen LogP contribution in [0.15, 0.2) is 24.3 Å². The average Bonchev–Trinajstić information content (AvgIpc) is 2.52. The molecule has 0 atom stereocenters. The van der Waals surface area contributed by atoms with Crippen molar-refractivity contribution in [1.29, 1.82) is 0 Å². The van der Waals surface area contributed by atoms with Gasteiger partial charge in [0.15, 0.2) is 0 Å². The van der Waals surface area contributed by atoms with Crippen LogP contribution in [0.25, 0.3) is 0 Å². The number of sulfonamides is 1. The molecule has 0 bridgehead atoms. The second kappa shape index (κ2) is 8.41. The highest BCUT2D eigenvalue weighted by atomic mass is 32.2. The van der Waals surface area contributed by atoms with Crippen molar-refractivity contribution < 1.29 is 27.2 Å². The number of carbonyl (C=O) groups is 1. The maximum absolute atomic E-state index is 13.3. The molecule has 0 unspecified atom stereocenters. The standard InChI is InChI=1S/C15H22FN3O4S/c1-24(21,22)19(14-4-2-3-13(16)11-14)12-15(20)17-5-6-18-7-9-23-10-8-18/h2-4,11H,5-10,12H2,1H3,(H,17,20)/p+1. The van der Waals surface area contributed by atoms with E-state index < -0.39 is 21.7 Å². The third-order valence-corrected chi connectivity index (χ3v) is 4.92. The van der Waals surface area contributed by atoms with Gasteiger partial charge in [-0.15, -0.1) is 0 Å². The lowest BCUT2D eigenvalue weighted by molar-refractivity contribution is -0.906. The van der Waals surface area contributed by atoms with Crippen LogP contribution in [0.3, 0.4) is 0 Å². The van der Waals surface area contributed by atoms with Crippen molar-refractivity contribution in [3.63, 3.8) is 0 Å². The maximum atomic E-state index is 13.3. The van der Waals surface area contributed by atoms with Crippen molar-refractivity contribution in [2.45, 2.75) is 0 Å². The highest BCUT2D eigenvalue weighted by molar-refractivity contribution is 7.92. The number of anilines is 1. The zero-order valence-electron chi connectivity index (χ0n) is 13.6. The molecule has 1 aromatic rings. The molecule has 1 saturated heterocycles. The molecule has 134 valence electrons. The number of carbonyl (C=O) groups excluding carboxylic acids is 1. The van der Waals surface area contributed by atoms with Crippen molar-refractivity contribution in [2.75, 3.05) is 56.5 Å². The van der Waals surface area contributed by atoms with E-state index in [-0.39, 0.29) is 12.2 Å². The molecule has 2 N–H and O–H groups in total. The van der Waals surface area contributed by atoms with Gasteiger partial charge in [-0.2, -0.15) is 0 Å². The van der Waals surface area contributed by atoms with E-state index in [0.717, 1.165) is 36.3 Å². The number of nitrogens with one attached hydrogen (secondary N) is 2. The molecule has 0 aliphatic carbocycles. The van der Waals surface area contributed by atoms with Crippen LogP contribution in [-0.2, 0) is 19.6 Å². The van der Waals surface area contributed by atoms with E-state index in [1.807, 2.05) is 0 Å². The van der Waals surface area contributed by atoms with E-state index >= 15 is 0 Å². The molecule has 1 fully saturated rings. The van der Waals surface area contributed by atoms with Crippen molar-refractivity contribution in [3.05, 3.63) is 30.1 Å². The molecule has 0 spiro atoms. The quantitative estimate of drug-likeness (QED) is 0.628. The Bertz CT molecular complexity index is 662. The molecule has 1 aliphatic heterocycles. The summed E-state index contributed by atoms with van der Waals surface area (Å²) < 4.78 is 43.3. The molecule has 7 nitrogen and oxygen atoms in total. The summed E-state index contributed by atoms with van der Waals surface area (Å²) in [6.45, 7) is 4.06. The van der Waals surface area contributed by atoms with Gasteiger partial charge in [-0.3, -0.25) is 9.10 Å². The van der Waals surface area contributed by atoms with Gasteiger partial charge in [-0.05, 0) is 18.2 Å². The minimum absolute atomic E-state index is 0.131. The molecular weight excluding hydrogens is 337 g/mol. The number of benzene rings is 1. The van der Waals surface area contributed by atoms with Gasteiger partial charge in [0.25, 0.3) is 0 Å². The number of amides is 1. The topological polar surface area (TPSA) is 80.2 Å². The van der Waals surface area contributed by atoms with Crippen LogP contribution in [0.5, 0.6) is 0 Å². The molecule has 1 heterocycles. The van der Waals surface area contributed by atoms with Gasteiger partial charge in [0.1, 0.15) is 25.5 Å². The van der Waals surface area contributed by atoms with E-state index in [1.54, 1.807) is 0 Å². The fourth-order valence-corrected chi connectivity index (χ4v) is 3.35. The second-order valence-electron chi connectivity index (χ2n) is 5.71. The lowest BCUT2D eigenvalue weighted by Crippen LogP contribution is -3.14. The Kier molecular flexibility index (Phi) is 6.52. The van der Waals surface area contributed by atoms with Gasteiger partial charge in [0.2, 0.25) is 15.9 Å². The molecule has 9 heteroatoms. The zero-order valence-corrected chi connectivity index (χ0v) is 14.4. The van der Waals surface area contributed by atoms with Gasteiger partial charge >= 0.3 is 0 Å². The van der Waals surface area contributed by atoms with E-state index in [0.29, 0.717) is 19.8 Å². The van der Waals surface area contributed by atoms with Crippen LogP contribution in [-0.4, -0.2) is 66.5 Å². The number of morpholine rings is 1. The van der Waals surface area contributed by atoms with Crippen molar-refractivity contribution in [2.24, 2.45) is 0 Å². The van der Waals surface area contributed by atoms with Crippen LogP contribution in [0.4, 0.5) is 10.1 Å². The smallest absolute Gasteiger partial charge is 0.240 e. The summed E-state index contributed by atoms with van der Waals surface area (Å²) in [5.41, 5.74) is 0.131. The Balaban J connectivity index is 1.90. The summed E-state index contributed by atoms with van der Waals surface area (Å²) in [7, 11) is -3.69. The summed E-state index contributed by atoms with van der Waals surface area (Å²) in [5, 5.41) is 2.72. The number of hydrogen-bond donors (Lipinski definition) is 2. The third kappa shape index (κ3) is 5.73. The zero-order chi connectivity index (χ0) is 17.6. The fourth-order valence-electron chi connectivity index (χ4n) is 2.51. The monoisotopic (exact) mass is 360 g/mol. The van der Waals surface area contributed by atoms with Crippen LogP contribution in [0.1, 0.15) is 0 Å². The maximum Gasteiger partial charge on any atom is 0.240 e. The number of halogens is 1. The van der Waals surface area contributed by atoms with Crippen molar-refractivity contribution >= 4 is 21.6 Å². The minimum atomic E-state index is -3.69. The van der Waals surface area contributed by atoms with Crippen LogP contribution < -0.4 is 14.5 Å². The van der Waals surface area contributed by atoms with E-state index in [9.17, 15) is 17.6 Å². The predicted molar refractivity (Wildman–Crippen MR) is 88.0 cm³/mol. The van der Waals surface area contributed by atoms with Crippen molar-refractivity contribution in [3.8, 4) is 0 Å². The van der Waals surface area contributed by atoms with Gasteiger partial charge in [-0.1, -0.05) is 6.07 Å². The molecule has 1 aliphatic rings. The highest BCUT2D eigenvalue weighted by Gasteiger charge is 2.21. The van der Waals surface area contributed by atoms with E-state index in [1.165, 1.54) is 23.1 Å². The molecule has 1 amide bonds. The number of quaternary nitrogens is 1. The molecular formula is C15H23FN3O4S+. The summed E-state index contributed by atoms with van der Waals surface area (Å²) in [6.07, 6.45) is 0.989. The van der Waals surface area contributed by atoms with Gasteiger partial charge in [0, 0.05) is 0 Å². The van der Waals surface area contributed by atoms with Crippen LogP contribution in [0.2, 0.25) is 0 Å². The molecule has 2 rings (SSSR count). The Morgan fingerprint density at radius 2 is 2.08 bits per heavy atom. The van der Waals surface area contributed by atoms with E-state index in [4.69, 9.17) is 4.74 Å². The van der Waals surface area contributed by atoms with Gasteiger partial charge in [-0.25, -0.2) is 12.8 Å². The first-order chi connectivity index (χ1) is 11.4. The first-order valence-corrected chi connectivity index (χ1v) is 9.62. The lowest BCUT2D eigenvalue weighted by Gasteiger charge is -2.24. The third-order valence-electron chi connectivity index (χ3n) is 3.78. The minimum Gasteiger partial charge on any atom is -0.370 e.